The Bertz CT molecular complexity index is 429. The van der Waals surface area contributed by atoms with Crippen LogP contribution in [0.2, 0.25) is 0 Å². The number of hydrogen-bond donors (Lipinski definition) is 0. The molecule has 104 valence electrons. The van der Waals surface area contributed by atoms with Gasteiger partial charge in [0.2, 0.25) is 5.75 Å². The lowest BCUT2D eigenvalue weighted by molar-refractivity contribution is 0.315. The van der Waals surface area contributed by atoms with Crippen LogP contribution in [0.1, 0.15) is 12.0 Å². The van der Waals surface area contributed by atoms with Crippen LogP contribution in [0, 0.1) is 11.3 Å². The number of methoxy groups -OCH3 is 3. The third-order valence-electron chi connectivity index (χ3n) is 2.78. The summed E-state index contributed by atoms with van der Waals surface area (Å²) in [7, 11) is 6.75. The standard InChI is InChI=1S/C14H20N2O3/c1-16(7-5-6-15)10-11-8-12(17-2)14(19-4)13(9-11)18-3/h8-9H,5,7,10H2,1-4H3. The van der Waals surface area contributed by atoms with Crippen LogP contribution in [-0.2, 0) is 6.54 Å². The van der Waals surface area contributed by atoms with Crippen molar-refractivity contribution in [2.75, 3.05) is 34.9 Å². The number of hydrogen-bond acceptors (Lipinski definition) is 5. The molecule has 1 aromatic carbocycles. The van der Waals surface area contributed by atoms with Gasteiger partial charge < -0.3 is 19.1 Å². The number of rotatable bonds is 7. The molecule has 0 amide bonds. The molecule has 5 nitrogen and oxygen atoms in total. The third kappa shape index (κ3) is 4.04. The van der Waals surface area contributed by atoms with Gasteiger partial charge in [-0.1, -0.05) is 0 Å². The molecule has 0 aliphatic heterocycles. The third-order valence-corrected chi connectivity index (χ3v) is 2.78. The molecule has 0 aliphatic rings. The fraction of sp³-hybridized carbons (Fsp3) is 0.500. The van der Waals surface area contributed by atoms with Crippen molar-refractivity contribution in [2.24, 2.45) is 0 Å². The molecule has 0 spiro atoms. The van der Waals surface area contributed by atoms with E-state index >= 15 is 0 Å². The second kappa shape index (κ2) is 7.49. The minimum atomic E-state index is 0.515. The summed E-state index contributed by atoms with van der Waals surface area (Å²) in [4.78, 5) is 2.07. The van der Waals surface area contributed by atoms with E-state index in [2.05, 4.69) is 11.0 Å². The van der Waals surface area contributed by atoms with E-state index in [0.717, 1.165) is 18.7 Å². The van der Waals surface area contributed by atoms with Gasteiger partial charge in [0.15, 0.2) is 11.5 Å². The van der Waals surface area contributed by atoms with Crippen LogP contribution in [0.25, 0.3) is 0 Å². The first-order chi connectivity index (χ1) is 9.15. The van der Waals surface area contributed by atoms with E-state index in [1.54, 1.807) is 21.3 Å². The van der Waals surface area contributed by atoms with Gasteiger partial charge in [-0.05, 0) is 24.7 Å². The molecule has 0 radical (unpaired) electrons. The molecule has 0 N–H and O–H groups in total. The zero-order valence-electron chi connectivity index (χ0n) is 11.9. The topological polar surface area (TPSA) is 54.7 Å². The van der Waals surface area contributed by atoms with Crippen LogP contribution in [0.15, 0.2) is 12.1 Å². The highest BCUT2D eigenvalue weighted by Gasteiger charge is 2.13. The van der Waals surface area contributed by atoms with E-state index < -0.39 is 0 Å². The van der Waals surface area contributed by atoms with Crippen LogP contribution in [0.3, 0.4) is 0 Å². The van der Waals surface area contributed by atoms with Gasteiger partial charge >= 0.3 is 0 Å². The maximum atomic E-state index is 8.58. The molecule has 0 heterocycles. The summed E-state index contributed by atoms with van der Waals surface area (Å²) in [5, 5.41) is 8.58. The highest BCUT2D eigenvalue weighted by Crippen LogP contribution is 2.38. The molecule has 5 heteroatoms. The number of ether oxygens (including phenoxy) is 3. The van der Waals surface area contributed by atoms with Gasteiger partial charge in [0.25, 0.3) is 0 Å². The van der Waals surface area contributed by atoms with Crippen LogP contribution in [0.5, 0.6) is 17.2 Å². The van der Waals surface area contributed by atoms with Gasteiger partial charge in [-0.2, -0.15) is 5.26 Å². The normalized spacial score (nSPS) is 10.1. The molecule has 0 fully saturated rings. The molecule has 0 aliphatic carbocycles. The SMILES string of the molecule is COc1cc(CN(C)CCC#N)cc(OC)c1OC. The largest absolute Gasteiger partial charge is 0.493 e. The van der Waals surface area contributed by atoms with Crippen LogP contribution < -0.4 is 14.2 Å². The van der Waals surface area contributed by atoms with Crippen molar-refractivity contribution < 1.29 is 14.2 Å². The molecule has 19 heavy (non-hydrogen) atoms. The summed E-state index contributed by atoms with van der Waals surface area (Å²) in [6.45, 7) is 1.45. The molecule has 1 rings (SSSR count). The van der Waals surface area contributed by atoms with Crippen molar-refractivity contribution in [3.8, 4) is 23.3 Å². The van der Waals surface area contributed by atoms with Crippen molar-refractivity contribution >= 4 is 0 Å². The summed E-state index contributed by atoms with van der Waals surface area (Å²) in [6.07, 6.45) is 0.515. The second-order valence-corrected chi connectivity index (χ2v) is 4.18. The molecule has 0 saturated carbocycles. The fourth-order valence-electron chi connectivity index (χ4n) is 1.86. The Morgan fingerprint density at radius 2 is 1.68 bits per heavy atom. The highest BCUT2D eigenvalue weighted by molar-refractivity contribution is 5.53. The summed E-state index contributed by atoms with van der Waals surface area (Å²) in [5.41, 5.74) is 1.05. The number of benzene rings is 1. The average molecular weight is 264 g/mol. The van der Waals surface area contributed by atoms with Gasteiger partial charge in [-0.3, -0.25) is 0 Å². The lowest BCUT2D eigenvalue weighted by atomic mass is 10.1. The fourth-order valence-corrected chi connectivity index (χ4v) is 1.86. The number of nitriles is 1. The Morgan fingerprint density at radius 3 is 2.11 bits per heavy atom. The molecular formula is C14H20N2O3. The minimum Gasteiger partial charge on any atom is -0.493 e. The predicted molar refractivity (Wildman–Crippen MR) is 72.7 cm³/mol. The van der Waals surface area contributed by atoms with E-state index in [1.165, 1.54) is 0 Å². The Morgan fingerprint density at radius 1 is 1.11 bits per heavy atom. The lowest BCUT2D eigenvalue weighted by Crippen LogP contribution is -2.18. The van der Waals surface area contributed by atoms with E-state index in [-0.39, 0.29) is 0 Å². The summed E-state index contributed by atoms with van der Waals surface area (Å²) in [6, 6.07) is 5.98. The lowest BCUT2D eigenvalue weighted by Gasteiger charge is -2.18. The van der Waals surface area contributed by atoms with Crippen molar-refractivity contribution in [3.05, 3.63) is 17.7 Å². The number of nitrogens with zero attached hydrogens (tertiary/aromatic N) is 2. The first kappa shape index (κ1) is 15.1. The maximum Gasteiger partial charge on any atom is 0.203 e. The average Bonchev–Trinajstić information content (AvgIpc) is 2.43. The Labute approximate surface area is 114 Å². The Kier molecular flexibility index (Phi) is 5.97. The molecule has 0 saturated heterocycles. The van der Waals surface area contributed by atoms with Crippen molar-refractivity contribution in [3.63, 3.8) is 0 Å². The summed E-state index contributed by atoms with van der Waals surface area (Å²) >= 11 is 0. The van der Waals surface area contributed by atoms with Gasteiger partial charge in [-0.15, -0.1) is 0 Å². The van der Waals surface area contributed by atoms with Crippen LogP contribution >= 0.6 is 0 Å². The zero-order chi connectivity index (χ0) is 14.3. The maximum absolute atomic E-state index is 8.58. The first-order valence-corrected chi connectivity index (χ1v) is 6.00. The van der Waals surface area contributed by atoms with Crippen molar-refractivity contribution in [2.45, 2.75) is 13.0 Å². The van der Waals surface area contributed by atoms with E-state index in [1.807, 2.05) is 19.2 Å². The van der Waals surface area contributed by atoms with Gasteiger partial charge in [0.05, 0.1) is 27.4 Å². The van der Waals surface area contributed by atoms with Crippen LogP contribution in [0.4, 0.5) is 0 Å². The van der Waals surface area contributed by atoms with Gasteiger partial charge in [0, 0.05) is 19.5 Å². The monoisotopic (exact) mass is 264 g/mol. The van der Waals surface area contributed by atoms with E-state index in [0.29, 0.717) is 23.7 Å². The summed E-state index contributed by atoms with van der Waals surface area (Å²) in [5.74, 6) is 1.88. The minimum absolute atomic E-state index is 0.515. The molecule has 0 unspecified atom stereocenters. The van der Waals surface area contributed by atoms with Crippen molar-refractivity contribution in [1.29, 1.82) is 5.26 Å². The Balaban J connectivity index is 2.93. The summed E-state index contributed by atoms with van der Waals surface area (Å²) < 4.78 is 15.9. The van der Waals surface area contributed by atoms with Gasteiger partial charge in [0.1, 0.15) is 0 Å². The predicted octanol–water partition coefficient (Wildman–Crippen LogP) is 2.06. The molecule has 1 aromatic rings. The first-order valence-electron chi connectivity index (χ1n) is 6.00. The van der Waals surface area contributed by atoms with E-state index in [9.17, 15) is 0 Å². The molecule has 0 atom stereocenters. The quantitative estimate of drug-likeness (QED) is 0.754. The Hall–Kier alpha value is -1.93. The highest BCUT2D eigenvalue weighted by atomic mass is 16.5. The van der Waals surface area contributed by atoms with Crippen LogP contribution in [-0.4, -0.2) is 39.8 Å². The second-order valence-electron chi connectivity index (χ2n) is 4.18. The van der Waals surface area contributed by atoms with Crippen molar-refractivity contribution in [1.82, 2.24) is 4.90 Å². The van der Waals surface area contributed by atoms with E-state index in [4.69, 9.17) is 19.5 Å². The molecular weight excluding hydrogens is 244 g/mol. The molecule has 0 aromatic heterocycles. The smallest absolute Gasteiger partial charge is 0.203 e. The zero-order valence-corrected chi connectivity index (χ0v) is 11.9. The molecule has 0 bridgehead atoms. The van der Waals surface area contributed by atoms with Gasteiger partial charge in [-0.25, -0.2) is 0 Å².